The number of carbonyl (C=O) groups is 1. The van der Waals surface area contributed by atoms with Crippen LogP contribution in [0.2, 0.25) is 0 Å². The van der Waals surface area contributed by atoms with Crippen LogP contribution in [-0.4, -0.2) is 33.0 Å². The van der Waals surface area contributed by atoms with Gasteiger partial charge in [0.1, 0.15) is 5.82 Å². The van der Waals surface area contributed by atoms with Crippen molar-refractivity contribution in [3.63, 3.8) is 0 Å². The van der Waals surface area contributed by atoms with E-state index in [1.54, 1.807) is 0 Å². The molecule has 1 amide bonds. The fraction of sp³-hybridized carbons (Fsp3) is 0.471. The summed E-state index contributed by atoms with van der Waals surface area (Å²) in [5.74, 6) is 1.79. The molecule has 0 bridgehead atoms. The highest BCUT2D eigenvalue weighted by Crippen LogP contribution is 2.21. The molecule has 0 atom stereocenters. The third-order valence-corrected chi connectivity index (χ3v) is 4.39. The van der Waals surface area contributed by atoms with E-state index < -0.39 is 0 Å². The lowest BCUT2D eigenvalue weighted by atomic mass is 10.1. The van der Waals surface area contributed by atoms with E-state index in [0.29, 0.717) is 11.7 Å². The number of hydrogen-bond acceptors (Lipinski definition) is 4. The molecule has 124 valence electrons. The summed E-state index contributed by atoms with van der Waals surface area (Å²) in [6, 6.07) is 8.20. The second kappa shape index (κ2) is 8.15. The topological polar surface area (TPSA) is 59.8 Å². The van der Waals surface area contributed by atoms with E-state index in [9.17, 15) is 4.79 Å². The van der Waals surface area contributed by atoms with Gasteiger partial charge in [-0.3, -0.25) is 9.36 Å². The van der Waals surface area contributed by atoms with Gasteiger partial charge in [-0.2, -0.15) is 0 Å². The van der Waals surface area contributed by atoms with Crippen LogP contribution in [0.5, 0.6) is 0 Å². The summed E-state index contributed by atoms with van der Waals surface area (Å²) in [4.78, 5) is 11.9. The van der Waals surface area contributed by atoms with Crippen molar-refractivity contribution in [3.05, 3.63) is 35.7 Å². The van der Waals surface area contributed by atoms with Crippen molar-refractivity contribution in [2.45, 2.75) is 39.3 Å². The van der Waals surface area contributed by atoms with Crippen molar-refractivity contribution in [1.82, 2.24) is 20.1 Å². The maximum absolute atomic E-state index is 11.9. The third-order valence-electron chi connectivity index (χ3n) is 3.46. The van der Waals surface area contributed by atoms with Gasteiger partial charge in [-0.15, -0.1) is 10.2 Å². The van der Waals surface area contributed by atoms with Gasteiger partial charge in [0.05, 0.1) is 5.75 Å². The van der Waals surface area contributed by atoms with Gasteiger partial charge in [0.25, 0.3) is 0 Å². The number of hydrogen-bond donors (Lipinski definition) is 1. The standard InChI is InChI=1S/C17H24N4OS/c1-12(2)9-10-18-16(22)11-23-17-20-19-14(4)21(17)15-7-5-13(3)6-8-15/h5-8,12H,9-11H2,1-4H3,(H,18,22). The van der Waals surface area contributed by atoms with Crippen LogP contribution in [0.25, 0.3) is 5.69 Å². The zero-order chi connectivity index (χ0) is 16.8. The minimum absolute atomic E-state index is 0.0340. The highest BCUT2D eigenvalue weighted by atomic mass is 32.2. The first kappa shape index (κ1) is 17.5. The molecule has 0 saturated carbocycles. The molecule has 0 aliphatic carbocycles. The van der Waals surface area contributed by atoms with Crippen molar-refractivity contribution in [2.24, 2.45) is 5.92 Å². The van der Waals surface area contributed by atoms with Crippen LogP contribution in [0, 0.1) is 19.8 Å². The average molecular weight is 332 g/mol. The number of rotatable bonds is 7. The first-order valence-corrected chi connectivity index (χ1v) is 8.84. The zero-order valence-electron chi connectivity index (χ0n) is 14.2. The Kier molecular flexibility index (Phi) is 6.21. The van der Waals surface area contributed by atoms with Crippen LogP contribution in [0.1, 0.15) is 31.7 Å². The van der Waals surface area contributed by atoms with Crippen LogP contribution < -0.4 is 5.32 Å². The van der Waals surface area contributed by atoms with Crippen LogP contribution in [0.3, 0.4) is 0 Å². The van der Waals surface area contributed by atoms with Crippen LogP contribution in [0.15, 0.2) is 29.4 Å². The monoisotopic (exact) mass is 332 g/mol. The summed E-state index contributed by atoms with van der Waals surface area (Å²) in [7, 11) is 0. The fourth-order valence-electron chi connectivity index (χ4n) is 2.11. The van der Waals surface area contributed by atoms with Crippen LogP contribution in [0.4, 0.5) is 0 Å². The molecule has 1 N–H and O–H groups in total. The van der Waals surface area contributed by atoms with Gasteiger partial charge in [0.15, 0.2) is 5.16 Å². The van der Waals surface area contributed by atoms with E-state index in [-0.39, 0.29) is 5.91 Å². The van der Waals surface area contributed by atoms with Crippen molar-refractivity contribution < 1.29 is 4.79 Å². The second-order valence-electron chi connectivity index (χ2n) is 6.02. The molecule has 1 aromatic carbocycles. The molecule has 0 radical (unpaired) electrons. The predicted octanol–water partition coefficient (Wildman–Crippen LogP) is 3.14. The lowest BCUT2D eigenvalue weighted by Gasteiger charge is -2.09. The van der Waals surface area contributed by atoms with E-state index >= 15 is 0 Å². The predicted molar refractivity (Wildman–Crippen MR) is 94.0 cm³/mol. The van der Waals surface area contributed by atoms with E-state index in [4.69, 9.17) is 0 Å². The normalized spacial score (nSPS) is 11.0. The molecule has 23 heavy (non-hydrogen) atoms. The molecule has 0 aliphatic heterocycles. The molecule has 0 unspecified atom stereocenters. The van der Waals surface area contributed by atoms with Gasteiger partial charge < -0.3 is 5.32 Å². The number of aromatic nitrogens is 3. The van der Waals surface area contributed by atoms with Crippen molar-refractivity contribution in [3.8, 4) is 5.69 Å². The number of thioether (sulfide) groups is 1. The molecular weight excluding hydrogens is 308 g/mol. The van der Waals surface area contributed by atoms with E-state index in [0.717, 1.165) is 29.6 Å². The summed E-state index contributed by atoms with van der Waals surface area (Å²) >= 11 is 1.41. The summed E-state index contributed by atoms with van der Waals surface area (Å²) in [5.41, 5.74) is 2.22. The Morgan fingerprint density at radius 2 is 1.91 bits per heavy atom. The molecule has 2 rings (SSSR count). The summed E-state index contributed by atoms with van der Waals surface area (Å²) < 4.78 is 1.98. The SMILES string of the molecule is Cc1ccc(-n2c(C)nnc2SCC(=O)NCCC(C)C)cc1. The molecule has 1 aromatic heterocycles. The molecule has 0 aliphatic rings. The quantitative estimate of drug-likeness (QED) is 0.791. The van der Waals surface area contributed by atoms with Gasteiger partial charge in [-0.1, -0.05) is 43.3 Å². The highest BCUT2D eigenvalue weighted by Gasteiger charge is 2.13. The second-order valence-corrected chi connectivity index (χ2v) is 6.96. The molecule has 6 heteroatoms. The molecule has 0 spiro atoms. The number of aryl methyl sites for hydroxylation is 2. The average Bonchev–Trinajstić information content (AvgIpc) is 2.87. The van der Waals surface area contributed by atoms with Crippen LogP contribution >= 0.6 is 11.8 Å². The molecule has 2 aromatic rings. The lowest BCUT2D eigenvalue weighted by molar-refractivity contribution is -0.118. The number of carbonyl (C=O) groups excluding carboxylic acids is 1. The summed E-state index contributed by atoms with van der Waals surface area (Å²) in [6.45, 7) is 8.99. The van der Waals surface area contributed by atoms with E-state index in [1.807, 2.05) is 23.6 Å². The Morgan fingerprint density at radius 3 is 2.57 bits per heavy atom. The number of benzene rings is 1. The largest absolute Gasteiger partial charge is 0.355 e. The van der Waals surface area contributed by atoms with Gasteiger partial charge in [0, 0.05) is 12.2 Å². The maximum atomic E-state index is 11.9. The molecular formula is C17H24N4OS. The van der Waals surface area contributed by atoms with E-state index in [1.165, 1.54) is 17.3 Å². The van der Waals surface area contributed by atoms with Gasteiger partial charge in [0.2, 0.25) is 5.91 Å². The van der Waals surface area contributed by atoms with Crippen molar-refractivity contribution >= 4 is 17.7 Å². The van der Waals surface area contributed by atoms with Gasteiger partial charge in [-0.05, 0) is 38.3 Å². The maximum Gasteiger partial charge on any atom is 0.230 e. The smallest absolute Gasteiger partial charge is 0.230 e. The van der Waals surface area contributed by atoms with Crippen molar-refractivity contribution in [1.29, 1.82) is 0 Å². The fourth-order valence-corrected chi connectivity index (χ4v) is 2.94. The third kappa shape index (κ3) is 5.10. The Balaban J connectivity index is 1.99. The van der Waals surface area contributed by atoms with Gasteiger partial charge in [-0.25, -0.2) is 0 Å². The summed E-state index contributed by atoms with van der Waals surface area (Å²) in [6.07, 6.45) is 0.995. The Hall–Kier alpha value is -1.82. The number of nitrogens with zero attached hydrogens (tertiary/aromatic N) is 3. The van der Waals surface area contributed by atoms with Gasteiger partial charge >= 0.3 is 0 Å². The van der Waals surface area contributed by atoms with Crippen LogP contribution in [-0.2, 0) is 4.79 Å². The summed E-state index contributed by atoms with van der Waals surface area (Å²) in [5, 5.41) is 12.0. The Bertz CT molecular complexity index is 649. The minimum atomic E-state index is 0.0340. The highest BCUT2D eigenvalue weighted by molar-refractivity contribution is 7.99. The van der Waals surface area contributed by atoms with E-state index in [2.05, 4.69) is 48.4 Å². The Labute approximate surface area is 141 Å². The number of amides is 1. The minimum Gasteiger partial charge on any atom is -0.355 e. The molecule has 5 nitrogen and oxygen atoms in total. The number of nitrogens with one attached hydrogen (secondary N) is 1. The first-order chi connectivity index (χ1) is 11.0. The lowest BCUT2D eigenvalue weighted by Crippen LogP contribution is -2.27. The Morgan fingerprint density at radius 1 is 1.22 bits per heavy atom. The first-order valence-electron chi connectivity index (χ1n) is 7.86. The van der Waals surface area contributed by atoms with Crippen molar-refractivity contribution in [2.75, 3.05) is 12.3 Å². The molecule has 1 heterocycles. The zero-order valence-corrected chi connectivity index (χ0v) is 15.0. The molecule has 0 fully saturated rings. The molecule has 0 saturated heterocycles.